The molecular weight excluding hydrogens is 340 g/mol. The van der Waals surface area contributed by atoms with Gasteiger partial charge in [0.05, 0.1) is 23.4 Å². The third kappa shape index (κ3) is 3.26. The Kier molecular flexibility index (Phi) is 3.99. The number of aromatic nitrogens is 3. The van der Waals surface area contributed by atoms with Crippen molar-refractivity contribution in [3.63, 3.8) is 0 Å². The fraction of sp³-hybridized carbons (Fsp3) is 0.412. The molecule has 1 fully saturated rings. The highest BCUT2D eigenvalue weighted by Crippen LogP contribution is 2.32. The molecule has 2 heterocycles. The van der Waals surface area contributed by atoms with E-state index in [1.54, 1.807) is 12.4 Å². The molecule has 1 aliphatic rings. The predicted octanol–water partition coefficient (Wildman–Crippen LogP) is 2.72. The Hall–Kier alpha value is -2.35. The van der Waals surface area contributed by atoms with Crippen LogP contribution in [0, 0.1) is 0 Å². The topological polar surface area (TPSA) is 86.1 Å². The lowest BCUT2D eigenvalue weighted by atomic mass is 9.95. The molecule has 1 N–H and O–H groups in total. The van der Waals surface area contributed by atoms with Crippen molar-refractivity contribution < 1.29 is 12.7 Å². The summed E-state index contributed by atoms with van der Waals surface area (Å²) in [7, 11) is -3.69. The standard InChI is InChI=1S/C17H20N4O3S/c1-25(22,23)24-21-17-12(11-19-21)7-8-14-16(17)15(9-10-18-14)20-13-5-3-2-4-6-13/h7-11,13H,2-6H2,1H3,(H,18,20). The zero-order chi connectivity index (χ0) is 17.4. The number of rotatable bonds is 4. The summed E-state index contributed by atoms with van der Waals surface area (Å²) in [6, 6.07) is 6.12. The molecule has 1 saturated carbocycles. The molecule has 0 aliphatic heterocycles. The number of anilines is 1. The van der Waals surface area contributed by atoms with Crippen molar-refractivity contribution in [1.82, 2.24) is 14.9 Å². The van der Waals surface area contributed by atoms with Crippen molar-refractivity contribution in [2.45, 2.75) is 38.1 Å². The summed E-state index contributed by atoms with van der Waals surface area (Å²) in [6.45, 7) is 0. The van der Waals surface area contributed by atoms with Crippen molar-refractivity contribution >= 4 is 37.6 Å². The van der Waals surface area contributed by atoms with Crippen LogP contribution >= 0.6 is 0 Å². The zero-order valence-corrected chi connectivity index (χ0v) is 14.8. The van der Waals surface area contributed by atoms with Gasteiger partial charge in [0.1, 0.15) is 5.52 Å². The summed E-state index contributed by atoms with van der Waals surface area (Å²) in [5.74, 6) is 0. The van der Waals surface area contributed by atoms with E-state index in [4.69, 9.17) is 4.28 Å². The molecule has 0 spiro atoms. The number of pyridine rings is 1. The Bertz CT molecular complexity index is 1020. The molecule has 0 saturated heterocycles. The van der Waals surface area contributed by atoms with Crippen LogP contribution in [0.2, 0.25) is 0 Å². The lowest BCUT2D eigenvalue weighted by molar-refractivity contribution is 0.256. The van der Waals surface area contributed by atoms with Gasteiger partial charge in [-0.2, -0.15) is 8.42 Å². The lowest BCUT2D eigenvalue weighted by Crippen LogP contribution is -2.23. The van der Waals surface area contributed by atoms with Crippen LogP contribution in [0.5, 0.6) is 0 Å². The summed E-state index contributed by atoms with van der Waals surface area (Å²) in [5.41, 5.74) is 2.31. The summed E-state index contributed by atoms with van der Waals surface area (Å²) >= 11 is 0. The first-order valence-corrected chi connectivity index (χ1v) is 10.2. The highest BCUT2D eigenvalue weighted by atomic mass is 32.2. The molecule has 8 heteroatoms. The van der Waals surface area contributed by atoms with E-state index < -0.39 is 10.1 Å². The average Bonchev–Trinajstić information content (AvgIpc) is 2.97. The quantitative estimate of drug-likeness (QED) is 0.770. The Labute approximate surface area is 146 Å². The highest BCUT2D eigenvalue weighted by Gasteiger charge is 2.18. The molecule has 3 aromatic rings. The average molecular weight is 360 g/mol. The molecule has 0 atom stereocenters. The number of nitrogens with zero attached hydrogens (tertiary/aromatic N) is 3. The first-order valence-electron chi connectivity index (χ1n) is 8.43. The lowest BCUT2D eigenvalue weighted by Gasteiger charge is -2.24. The molecule has 25 heavy (non-hydrogen) atoms. The molecule has 0 unspecified atom stereocenters. The van der Waals surface area contributed by atoms with Crippen molar-refractivity contribution in [3.05, 3.63) is 30.6 Å². The van der Waals surface area contributed by atoms with Gasteiger partial charge in [0, 0.05) is 23.3 Å². The smallest absolute Gasteiger partial charge is 0.325 e. The van der Waals surface area contributed by atoms with Crippen molar-refractivity contribution in [1.29, 1.82) is 0 Å². The van der Waals surface area contributed by atoms with E-state index >= 15 is 0 Å². The molecule has 4 rings (SSSR count). The summed E-state index contributed by atoms with van der Waals surface area (Å²) < 4.78 is 28.2. The van der Waals surface area contributed by atoms with Gasteiger partial charge in [0.2, 0.25) is 0 Å². The second-order valence-corrected chi connectivity index (χ2v) is 8.09. The predicted molar refractivity (Wildman–Crippen MR) is 97.0 cm³/mol. The Balaban J connectivity index is 1.87. The van der Waals surface area contributed by atoms with Crippen LogP contribution in [0.15, 0.2) is 30.6 Å². The normalized spacial score (nSPS) is 16.4. The number of benzene rings is 1. The summed E-state index contributed by atoms with van der Waals surface area (Å²) in [5, 5.41) is 9.32. The molecule has 7 nitrogen and oxygen atoms in total. The van der Waals surface area contributed by atoms with Crippen LogP contribution in [-0.4, -0.2) is 35.6 Å². The van der Waals surface area contributed by atoms with Crippen LogP contribution < -0.4 is 9.60 Å². The first kappa shape index (κ1) is 16.1. The van der Waals surface area contributed by atoms with Gasteiger partial charge in [0.15, 0.2) is 0 Å². The van der Waals surface area contributed by atoms with E-state index in [1.165, 1.54) is 19.3 Å². The van der Waals surface area contributed by atoms with Crippen molar-refractivity contribution in [2.24, 2.45) is 0 Å². The second kappa shape index (κ2) is 6.18. The van der Waals surface area contributed by atoms with Crippen LogP contribution in [0.4, 0.5) is 5.69 Å². The van der Waals surface area contributed by atoms with Gasteiger partial charge >= 0.3 is 10.1 Å². The minimum Gasteiger partial charge on any atom is -0.382 e. The summed E-state index contributed by atoms with van der Waals surface area (Å²) in [4.78, 5) is 5.49. The molecule has 0 amide bonds. The van der Waals surface area contributed by atoms with E-state index in [0.29, 0.717) is 11.6 Å². The Morgan fingerprint density at radius 2 is 2.00 bits per heavy atom. The van der Waals surface area contributed by atoms with Gasteiger partial charge in [-0.3, -0.25) is 9.27 Å². The summed E-state index contributed by atoms with van der Waals surface area (Å²) in [6.07, 6.45) is 10.4. The van der Waals surface area contributed by atoms with Gasteiger partial charge in [-0.1, -0.05) is 24.1 Å². The van der Waals surface area contributed by atoms with E-state index in [9.17, 15) is 8.42 Å². The number of nitrogens with one attached hydrogen (secondary N) is 1. The third-order valence-electron chi connectivity index (χ3n) is 4.58. The van der Waals surface area contributed by atoms with Crippen LogP contribution in [0.1, 0.15) is 32.1 Å². The van der Waals surface area contributed by atoms with Crippen molar-refractivity contribution in [2.75, 3.05) is 11.6 Å². The van der Waals surface area contributed by atoms with E-state index in [2.05, 4.69) is 15.4 Å². The molecule has 0 bridgehead atoms. The SMILES string of the molecule is CS(=O)(=O)On1ncc2ccc3nccc(NC4CCCCC4)c3c21. The molecule has 1 aromatic carbocycles. The number of hydrogen-bond acceptors (Lipinski definition) is 6. The molecule has 132 valence electrons. The van der Waals surface area contributed by atoms with Gasteiger partial charge in [0.25, 0.3) is 0 Å². The highest BCUT2D eigenvalue weighted by molar-refractivity contribution is 7.86. The van der Waals surface area contributed by atoms with Crippen LogP contribution in [0.3, 0.4) is 0 Å². The zero-order valence-electron chi connectivity index (χ0n) is 14.0. The van der Waals surface area contributed by atoms with E-state index in [0.717, 1.165) is 45.9 Å². The maximum atomic E-state index is 11.6. The first-order chi connectivity index (χ1) is 12.0. The van der Waals surface area contributed by atoms with E-state index in [-0.39, 0.29) is 0 Å². The minimum absolute atomic E-state index is 0.418. The van der Waals surface area contributed by atoms with E-state index in [1.807, 2.05) is 18.2 Å². The number of hydrogen-bond donors (Lipinski definition) is 1. The largest absolute Gasteiger partial charge is 0.382 e. The van der Waals surface area contributed by atoms with Gasteiger partial charge in [-0.05, 0) is 31.0 Å². The van der Waals surface area contributed by atoms with Gasteiger partial charge in [-0.15, -0.1) is 5.10 Å². The van der Waals surface area contributed by atoms with Gasteiger partial charge < -0.3 is 5.32 Å². The molecule has 1 aliphatic carbocycles. The Morgan fingerprint density at radius 1 is 1.20 bits per heavy atom. The van der Waals surface area contributed by atoms with Crippen LogP contribution in [-0.2, 0) is 10.1 Å². The monoisotopic (exact) mass is 360 g/mol. The minimum atomic E-state index is -3.69. The second-order valence-electron chi connectivity index (χ2n) is 6.53. The third-order valence-corrected chi connectivity index (χ3v) is 4.99. The fourth-order valence-electron chi connectivity index (χ4n) is 3.50. The van der Waals surface area contributed by atoms with Crippen LogP contribution in [0.25, 0.3) is 21.8 Å². The molecule has 2 aromatic heterocycles. The van der Waals surface area contributed by atoms with Crippen molar-refractivity contribution in [3.8, 4) is 0 Å². The van der Waals surface area contributed by atoms with Gasteiger partial charge in [-0.25, -0.2) is 0 Å². The number of fused-ring (bicyclic) bond motifs is 3. The molecule has 0 radical (unpaired) electrons. The maximum Gasteiger partial charge on any atom is 0.325 e. The maximum absolute atomic E-state index is 11.6. The Morgan fingerprint density at radius 3 is 2.76 bits per heavy atom. The molecular formula is C17H20N4O3S. The fourth-order valence-corrected chi connectivity index (χ4v) is 3.87.